The lowest BCUT2D eigenvalue weighted by atomic mass is 9.93. The van der Waals surface area contributed by atoms with Gasteiger partial charge in [0.15, 0.2) is 5.82 Å². The second-order valence-electron chi connectivity index (χ2n) is 8.49. The number of aromatic amines is 1. The van der Waals surface area contributed by atoms with Gasteiger partial charge in [-0.1, -0.05) is 55.3 Å². The zero-order chi connectivity index (χ0) is 21.3. The number of carbonyl (C=O) groups excluding carboxylic acids is 1. The Labute approximate surface area is 180 Å². The van der Waals surface area contributed by atoms with Crippen molar-refractivity contribution in [1.29, 1.82) is 5.26 Å². The minimum Gasteiger partial charge on any atom is -0.352 e. The highest BCUT2D eigenvalue weighted by Crippen LogP contribution is 2.34. The van der Waals surface area contributed by atoms with E-state index in [0.29, 0.717) is 24.7 Å². The number of rotatable bonds is 7. The summed E-state index contributed by atoms with van der Waals surface area (Å²) in [6.45, 7) is 0.370. The third-order valence-electron chi connectivity index (χ3n) is 5.96. The van der Waals surface area contributed by atoms with E-state index in [-0.39, 0.29) is 17.8 Å². The molecule has 3 N–H and O–H groups in total. The molecule has 2 aromatic carbocycles. The molecule has 7 heteroatoms. The Morgan fingerprint density at radius 3 is 2.71 bits per heavy atom. The SMILES string of the molecule is N#CC1(Cc2ccccc2)CN=C(C(CC2CC2)NC(=O)c2nc3ccccc3[nH]2)N1. The summed E-state index contributed by atoms with van der Waals surface area (Å²) in [4.78, 5) is 25.1. The van der Waals surface area contributed by atoms with Crippen molar-refractivity contribution in [2.45, 2.75) is 37.3 Å². The van der Waals surface area contributed by atoms with Crippen molar-refractivity contribution in [2.75, 3.05) is 6.54 Å². The Morgan fingerprint density at radius 1 is 1.19 bits per heavy atom. The number of para-hydroxylation sites is 2. The Kier molecular flexibility index (Phi) is 4.91. The third kappa shape index (κ3) is 4.15. The highest BCUT2D eigenvalue weighted by molar-refractivity contribution is 5.99. The van der Waals surface area contributed by atoms with E-state index in [1.54, 1.807) is 0 Å². The number of carbonyl (C=O) groups is 1. The lowest BCUT2D eigenvalue weighted by molar-refractivity contribution is 0.0935. The van der Waals surface area contributed by atoms with Crippen LogP contribution in [-0.4, -0.2) is 39.8 Å². The molecular weight excluding hydrogens is 388 g/mol. The fourth-order valence-corrected chi connectivity index (χ4v) is 4.10. The van der Waals surface area contributed by atoms with Crippen LogP contribution >= 0.6 is 0 Å². The van der Waals surface area contributed by atoms with E-state index in [1.807, 2.05) is 54.6 Å². The van der Waals surface area contributed by atoms with E-state index in [2.05, 4.69) is 31.7 Å². The van der Waals surface area contributed by atoms with Crippen LogP contribution in [0.3, 0.4) is 0 Å². The number of aromatic nitrogens is 2. The summed E-state index contributed by atoms with van der Waals surface area (Å²) in [5.41, 5.74) is 1.88. The number of amidine groups is 1. The van der Waals surface area contributed by atoms with E-state index in [1.165, 1.54) is 0 Å². The van der Waals surface area contributed by atoms with Gasteiger partial charge < -0.3 is 15.6 Å². The first-order valence-corrected chi connectivity index (χ1v) is 10.7. The number of hydrogen-bond donors (Lipinski definition) is 3. The molecule has 0 spiro atoms. The van der Waals surface area contributed by atoms with Crippen molar-refractivity contribution in [3.8, 4) is 6.07 Å². The number of amides is 1. The summed E-state index contributed by atoms with van der Waals surface area (Å²) < 4.78 is 0. The van der Waals surface area contributed by atoms with Gasteiger partial charge in [-0.25, -0.2) is 4.98 Å². The van der Waals surface area contributed by atoms with Gasteiger partial charge in [-0.05, 0) is 30.0 Å². The summed E-state index contributed by atoms with van der Waals surface area (Å²) in [5, 5.41) is 16.4. The van der Waals surface area contributed by atoms with Gasteiger partial charge in [-0.15, -0.1) is 0 Å². The number of aliphatic imine (C=N–C) groups is 1. The third-order valence-corrected chi connectivity index (χ3v) is 5.96. The first-order chi connectivity index (χ1) is 15.1. The maximum atomic E-state index is 13.0. The van der Waals surface area contributed by atoms with Crippen molar-refractivity contribution in [3.05, 3.63) is 66.0 Å². The average Bonchev–Trinajstić information content (AvgIpc) is 3.34. The molecule has 1 amide bonds. The Bertz CT molecular complexity index is 1140. The van der Waals surface area contributed by atoms with Crippen LogP contribution in [0.5, 0.6) is 0 Å². The van der Waals surface area contributed by atoms with Gasteiger partial charge in [0.2, 0.25) is 0 Å². The Hall–Kier alpha value is -3.66. The minimum atomic E-state index is -0.789. The summed E-state index contributed by atoms with van der Waals surface area (Å²) in [7, 11) is 0. The monoisotopic (exact) mass is 412 g/mol. The number of nitrogens with zero attached hydrogens (tertiary/aromatic N) is 3. The lowest BCUT2D eigenvalue weighted by Crippen LogP contribution is -2.53. The zero-order valence-corrected chi connectivity index (χ0v) is 17.1. The van der Waals surface area contributed by atoms with E-state index in [4.69, 9.17) is 0 Å². The average molecular weight is 412 g/mol. The molecule has 1 saturated carbocycles. The van der Waals surface area contributed by atoms with Gasteiger partial charge in [-0.2, -0.15) is 5.26 Å². The van der Waals surface area contributed by atoms with Crippen molar-refractivity contribution in [2.24, 2.45) is 10.9 Å². The number of H-pyrrole nitrogens is 1. The molecule has 156 valence electrons. The van der Waals surface area contributed by atoms with Crippen molar-refractivity contribution >= 4 is 22.8 Å². The first-order valence-electron chi connectivity index (χ1n) is 10.7. The molecule has 2 unspecified atom stereocenters. The lowest BCUT2D eigenvalue weighted by Gasteiger charge is -2.25. The molecule has 3 aromatic rings. The smallest absolute Gasteiger partial charge is 0.287 e. The number of benzene rings is 2. The first kappa shape index (κ1) is 19.3. The van der Waals surface area contributed by atoms with Crippen LogP contribution in [0.4, 0.5) is 0 Å². The van der Waals surface area contributed by atoms with Crippen LogP contribution in [0, 0.1) is 17.2 Å². The van der Waals surface area contributed by atoms with Gasteiger partial charge in [0, 0.05) is 6.42 Å². The number of fused-ring (bicyclic) bond motifs is 1. The molecule has 1 aliphatic heterocycles. The van der Waals surface area contributed by atoms with Crippen LogP contribution in [0.25, 0.3) is 11.0 Å². The molecule has 0 bridgehead atoms. The maximum absolute atomic E-state index is 13.0. The standard InChI is InChI=1S/C24H24N6O/c25-14-24(13-17-6-2-1-3-7-17)15-26-21(30-24)20(12-16-10-11-16)29-23(31)22-27-18-8-4-5-9-19(18)28-22/h1-9,16,20H,10-13,15H2,(H,26,30)(H,27,28)(H,29,31). The number of nitriles is 1. The minimum absolute atomic E-state index is 0.260. The van der Waals surface area contributed by atoms with Gasteiger partial charge in [0.1, 0.15) is 11.4 Å². The number of imidazole rings is 1. The van der Waals surface area contributed by atoms with Crippen LogP contribution in [0.15, 0.2) is 59.6 Å². The summed E-state index contributed by atoms with van der Waals surface area (Å²) in [6.07, 6.45) is 3.70. The molecule has 31 heavy (non-hydrogen) atoms. The second kappa shape index (κ2) is 7.88. The number of nitrogens with one attached hydrogen (secondary N) is 3. The van der Waals surface area contributed by atoms with E-state index in [0.717, 1.165) is 35.9 Å². The molecule has 2 aliphatic rings. The molecular formula is C24H24N6O. The molecule has 5 rings (SSSR count). The molecule has 0 saturated heterocycles. The summed E-state index contributed by atoms with van der Waals surface area (Å²) in [5.74, 6) is 1.30. The molecule has 1 aromatic heterocycles. The van der Waals surface area contributed by atoms with Crippen LogP contribution in [0.1, 0.15) is 35.4 Å². The van der Waals surface area contributed by atoms with Gasteiger partial charge in [-0.3, -0.25) is 9.79 Å². The Balaban J connectivity index is 1.33. The Morgan fingerprint density at radius 2 is 1.97 bits per heavy atom. The fourth-order valence-electron chi connectivity index (χ4n) is 4.10. The molecule has 2 atom stereocenters. The molecule has 7 nitrogen and oxygen atoms in total. The predicted octanol–water partition coefficient (Wildman–Crippen LogP) is 2.97. The maximum Gasteiger partial charge on any atom is 0.287 e. The van der Waals surface area contributed by atoms with Crippen molar-refractivity contribution in [1.82, 2.24) is 20.6 Å². The fraction of sp³-hybridized carbons (Fsp3) is 0.333. The van der Waals surface area contributed by atoms with E-state index < -0.39 is 5.54 Å². The summed E-state index contributed by atoms with van der Waals surface area (Å²) >= 11 is 0. The van der Waals surface area contributed by atoms with Crippen LogP contribution in [0.2, 0.25) is 0 Å². The normalized spacial score (nSPS) is 21.2. The molecule has 1 aliphatic carbocycles. The zero-order valence-electron chi connectivity index (χ0n) is 17.1. The van der Waals surface area contributed by atoms with Crippen LogP contribution < -0.4 is 10.6 Å². The van der Waals surface area contributed by atoms with Gasteiger partial charge in [0.25, 0.3) is 5.91 Å². The largest absolute Gasteiger partial charge is 0.352 e. The predicted molar refractivity (Wildman–Crippen MR) is 119 cm³/mol. The van der Waals surface area contributed by atoms with Gasteiger partial charge >= 0.3 is 0 Å². The van der Waals surface area contributed by atoms with Gasteiger partial charge in [0.05, 0.1) is 29.7 Å². The topological polar surface area (TPSA) is 106 Å². The molecule has 0 radical (unpaired) electrons. The quantitative estimate of drug-likeness (QED) is 0.555. The summed E-state index contributed by atoms with van der Waals surface area (Å²) in [6, 6.07) is 19.7. The molecule has 1 fully saturated rings. The van der Waals surface area contributed by atoms with E-state index >= 15 is 0 Å². The molecule has 2 heterocycles. The highest BCUT2D eigenvalue weighted by Gasteiger charge is 2.40. The highest BCUT2D eigenvalue weighted by atomic mass is 16.2. The van der Waals surface area contributed by atoms with Crippen molar-refractivity contribution < 1.29 is 4.79 Å². The van der Waals surface area contributed by atoms with Crippen molar-refractivity contribution in [3.63, 3.8) is 0 Å². The van der Waals surface area contributed by atoms with E-state index in [9.17, 15) is 10.1 Å². The second-order valence-corrected chi connectivity index (χ2v) is 8.49. The number of hydrogen-bond acceptors (Lipinski definition) is 5. The van der Waals surface area contributed by atoms with Crippen LogP contribution in [-0.2, 0) is 6.42 Å².